The molecular formula is C15H30N2O. The number of hydrogen-bond donors (Lipinski definition) is 1. The Morgan fingerprint density at radius 3 is 2.61 bits per heavy atom. The molecule has 0 aromatic rings. The van der Waals surface area contributed by atoms with Gasteiger partial charge in [-0.3, -0.25) is 4.90 Å². The van der Waals surface area contributed by atoms with Crippen molar-refractivity contribution in [3.8, 4) is 0 Å². The molecule has 2 N–H and O–H groups in total. The Morgan fingerprint density at radius 1 is 1.33 bits per heavy atom. The normalized spacial score (nSPS) is 41.8. The molecule has 2 rings (SSSR count). The third-order valence-electron chi connectivity index (χ3n) is 4.94. The molecule has 18 heavy (non-hydrogen) atoms. The molecule has 0 amide bonds. The first kappa shape index (κ1) is 14.3. The highest BCUT2D eigenvalue weighted by atomic mass is 16.5. The minimum Gasteiger partial charge on any atom is -0.375 e. The molecule has 3 heteroatoms. The van der Waals surface area contributed by atoms with E-state index in [1.165, 1.54) is 19.4 Å². The fraction of sp³-hybridized carbons (Fsp3) is 1.00. The van der Waals surface area contributed by atoms with Crippen LogP contribution in [0.15, 0.2) is 0 Å². The number of piperidine rings is 1. The monoisotopic (exact) mass is 254 g/mol. The summed E-state index contributed by atoms with van der Waals surface area (Å²) in [7, 11) is 0. The lowest BCUT2D eigenvalue weighted by Gasteiger charge is -2.54. The van der Waals surface area contributed by atoms with Crippen LogP contribution in [0.5, 0.6) is 0 Å². The van der Waals surface area contributed by atoms with Gasteiger partial charge in [-0.15, -0.1) is 0 Å². The Bertz CT molecular complexity index is 292. The first-order chi connectivity index (χ1) is 8.38. The molecule has 106 valence electrons. The fourth-order valence-electron chi connectivity index (χ4n) is 4.10. The van der Waals surface area contributed by atoms with Gasteiger partial charge >= 0.3 is 0 Å². The molecule has 0 aromatic heterocycles. The Balaban J connectivity index is 2.16. The maximum Gasteiger partial charge on any atom is 0.0644 e. The Hall–Kier alpha value is -0.120. The first-order valence-electron chi connectivity index (χ1n) is 7.49. The summed E-state index contributed by atoms with van der Waals surface area (Å²) in [4.78, 5) is 2.69. The number of ether oxygens (including phenoxy) is 1. The molecule has 0 spiro atoms. The summed E-state index contributed by atoms with van der Waals surface area (Å²) in [6, 6.07) is 0.659. The van der Waals surface area contributed by atoms with Crippen molar-refractivity contribution < 1.29 is 4.74 Å². The Labute approximate surface area is 112 Å². The van der Waals surface area contributed by atoms with E-state index in [-0.39, 0.29) is 11.1 Å². The first-order valence-corrected chi connectivity index (χ1v) is 7.49. The third-order valence-corrected chi connectivity index (χ3v) is 4.94. The Kier molecular flexibility index (Phi) is 4.05. The SMILES string of the molecule is CC1CCN(C2(CN)CCOC(C)(C)C2)C(C)C1. The largest absolute Gasteiger partial charge is 0.375 e. The summed E-state index contributed by atoms with van der Waals surface area (Å²) in [5.74, 6) is 0.860. The van der Waals surface area contributed by atoms with Gasteiger partial charge in [0.2, 0.25) is 0 Å². The van der Waals surface area contributed by atoms with Crippen molar-refractivity contribution in [1.29, 1.82) is 0 Å². The molecule has 0 bridgehead atoms. The van der Waals surface area contributed by atoms with Crippen LogP contribution in [-0.2, 0) is 4.74 Å². The average Bonchev–Trinajstić information content (AvgIpc) is 2.27. The minimum absolute atomic E-state index is 0.0274. The highest BCUT2D eigenvalue weighted by molar-refractivity contribution is 5.02. The summed E-state index contributed by atoms with van der Waals surface area (Å²) in [6.45, 7) is 12.0. The molecule has 2 saturated heterocycles. The van der Waals surface area contributed by atoms with Crippen molar-refractivity contribution in [2.24, 2.45) is 11.7 Å². The van der Waals surface area contributed by atoms with E-state index in [2.05, 4.69) is 32.6 Å². The molecule has 0 aromatic carbocycles. The van der Waals surface area contributed by atoms with Crippen molar-refractivity contribution in [2.75, 3.05) is 19.7 Å². The van der Waals surface area contributed by atoms with Crippen LogP contribution in [0.25, 0.3) is 0 Å². The van der Waals surface area contributed by atoms with Crippen molar-refractivity contribution in [2.45, 2.75) is 70.6 Å². The highest BCUT2D eigenvalue weighted by Crippen LogP contribution is 2.39. The number of rotatable bonds is 2. The van der Waals surface area contributed by atoms with Gasteiger partial charge in [0, 0.05) is 24.7 Å². The van der Waals surface area contributed by atoms with Gasteiger partial charge in [0.25, 0.3) is 0 Å². The van der Waals surface area contributed by atoms with E-state index in [4.69, 9.17) is 10.5 Å². The molecule has 0 aliphatic carbocycles. The van der Waals surface area contributed by atoms with Crippen LogP contribution >= 0.6 is 0 Å². The van der Waals surface area contributed by atoms with E-state index < -0.39 is 0 Å². The smallest absolute Gasteiger partial charge is 0.0644 e. The van der Waals surface area contributed by atoms with Crippen LogP contribution in [-0.4, -0.2) is 41.8 Å². The lowest BCUT2D eigenvalue weighted by atomic mass is 9.77. The lowest BCUT2D eigenvalue weighted by Crippen LogP contribution is -2.64. The van der Waals surface area contributed by atoms with Crippen molar-refractivity contribution >= 4 is 0 Å². The standard InChI is InChI=1S/C15H30N2O/c1-12-5-7-17(13(2)9-12)15(11-16)6-8-18-14(3,4)10-15/h12-13H,5-11,16H2,1-4H3. The van der Waals surface area contributed by atoms with Crippen molar-refractivity contribution in [3.63, 3.8) is 0 Å². The third kappa shape index (κ3) is 2.73. The van der Waals surface area contributed by atoms with Crippen LogP contribution in [0.2, 0.25) is 0 Å². The van der Waals surface area contributed by atoms with Crippen LogP contribution in [0.4, 0.5) is 0 Å². The van der Waals surface area contributed by atoms with Gasteiger partial charge in [0.1, 0.15) is 0 Å². The highest BCUT2D eigenvalue weighted by Gasteiger charge is 2.46. The maximum atomic E-state index is 6.19. The number of hydrogen-bond acceptors (Lipinski definition) is 3. The molecule has 2 fully saturated rings. The van der Waals surface area contributed by atoms with E-state index in [1.54, 1.807) is 0 Å². The molecule has 2 heterocycles. The van der Waals surface area contributed by atoms with Crippen LogP contribution in [0.1, 0.15) is 53.4 Å². The van der Waals surface area contributed by atoms with Gasteiger partial charge in [0.05, 0.1) is 5.60 Å². The van der Waals surface area contributed by atoms with Gasteiger partial charge in [-0.05, 0) is 58.9 Å². The van der Waals surface area contributed by atoms with Gasteiger partial charge in [0.15, 0.2) is 0 Å². The second kappa shape index (κ2) is 5.10. The van der Waals surface area contributed by atoms with Crippen molar-refractivity contribution in [3.05, 3.63) is 0 Å². The van der Waals surface area contributed by atoms with E-state index in [1.807, 2.05) is 0 Å². The zero-order chi connectivity index (χ0) is 13.4. The molecule has 3 atom stereocenters. The predicted molar refractivity (Wildman–Crippen MR) is 75.6 cm³/mol. The van der Waals surface area contributed by atoms with Crippen LogP contribution < -0.4 is 5.73 Å². The molecule has 2 aliphatic rings. The number of likely N-dealkylation sites (tertiary alicyclic amines) is 1. The summed E-state index contributed by atoms with van der Waals surface area (Å²) in [6.07, 6.45) is 4.78. The van der Waals surface area contributed by atoms with E-state index in [9.17, 15) is 0 Å². The van der Waals surface area contributed by atoms with Gasteiger partial charge in [-0.1, -0.05) is 6.92 Å². The molecule has 0 radical (unpaired) electrons. The molecular weight excluding hydrogens is 224 g/mol. The molecule has 3 unspecified atom stereocenters. The number of nitrogens with two attached hydrogens (primary N) is 1. The predicted octanol–water partition coefficient (Wildman–Crippen LogP) is 2.39. The van der Waals surface area contributed by atoms with Crippen LogP contribution in [0, 0.1) is 5.92 Å². The van der Waals surface area contributed by atoms with E-state index in [0.717, 1.165) is 31.9 Å². The van der Waals surface area contributed by atoms with Crippen LogP contribution in [0.3, 0.4) is 0 Å². The zero-order valence-corrected chi connectivity index (χ0v) is 12.5. The number of nitrogens with zero attached hydrogens (tertiary/aromatic N) is 1. The fourth-order valence-corrected chi connectivity index (χ4v) is 4.10. The summed E-state index contributed by atoms with van der Waals surface area (Å²) in [5, 5.41) is 0. The summed E-state index contributed by atoms with van der Waals surface area (Å²) < 4.78 is 5.89. The van der Waals surface area contributed by atoms with Gasteiger partial charge in [-0.2, -0.15) is 0 Å². The molecule has 0 saturated carbocycles. The summed E-state index contributed by atoms with van der Waals surface area (Å²) >= 11 is 0. The van der Waals surface area contributed by atoms with Gasteiger partial charge in [-0.25, -0.2) is 0 Å². The quantitative estimate of drug-likeness (QED) is 0.822. The summed E-state index contributed by atoms with van der Waals surface area (Å²) in [5.41, 5.74) is 6.33. The maximum absolute atomic E-state index is 6.19. The zero-order valence-electron chi connectivity index (χ0n) is 12.5. The topological polar surface area (TPSA) is 38.5 Å². The average molecular weight is 254 g/mol. The van der Waals surface area contributed by atoms with E-state index in [0.29, 0.717) is 6.04 Å². The molecule has 3 nitrogen and oxygen atoms in total. The van der Waals surface area contributed by atoms with Gasteiger partial charge < -0.3 is 10.5 Å². The minimum atomic E-state index is -0.0274. The molecule has 2 aliphatic heterocycles. The Morgan fingerprint density at radius 2 is 2.06 bits per heavy atom. The van der Waals surface area contributed by atoms with Crippen molar-refractivity contribution in [1.82, 2.24) is 4.90 Å². The lowest BCUT2D eigenvalue weighted by molar-refractivity contribution is -0.132. The second-order valence-corrected chi connectivity index (χ2v) is 7.14. The van der Waals surface area contributed by atoms with E-state index >= 15 is 0 Å². The second-order valence-electron chi connectivity index (χ2n) is 7.14.